The molecule has 5 nitrogen and oxygen atoms in total. The molecule has 24 heavy (non-hydrogen) atoms. The van der Waals surface area contributed by atoms with Gasteiger partial charge in [-0.15, -0.1) is 12.4 Å². The summed E-state index contributed by atoms with van der Waals surface area (Å²) in [6.07, 6.45) is 4.19. The van der Waals surface area contributed by atoms with Crippen LogP contribution < -0.4 is 16.4 Å². The van der Waals surface area contributed by atoms with E-state index in [1.165, 1.54) is 6.92 Å². The van der Waals surface area contributed by atoms with Gasteiger partial charge in [0.25, 0.3) is 0 Å². The minimum Gasteiger partial charge on any atom is -0.349 e. The summed E-state index contributed by atoms with van der Waals surface area (Å²) in [5, 5.41) is 6.53. The van der Waals surface area contributed by atoms with E-state index >= 15 is 0 Å². The monoisotopic (exact) mass is 373 g/mol. The Hall–Kier alpha value is -1.30. The van der Waals surface area contributed by atoms with Gasteiger partial charge in [0.15, 0.2) is 0 Å². The zero-order valence-electron chi connectivity index (χ0n) is 13.8. The standard InChI is InChI=1S/C17H24ClN3O2.ClH/c1-12(22)20-15(13-4-6-14(18)7-5-13)10-16(23)21-17(11-19)8-2-3-9-17;/h4-7,15H,2-3,8-11,19H2,1H3,(H,20,22)(H,21,23);1H. The summed E-state index contributed by atoms with van der Waals surface area (Å²) in [7, 11) is 0. The third-order valence-electron chi connectivity index (χ3n) is 4.40. The molecule has 1 aliphatic carbocycles. The maximum absolute atomic E-state index is 12.5. The average molecular weight is 374 g/mol. The van der Waals surface area contributed by atoms with Gasteiger partial charge in [-0.1, -0.05) is 36.6 Å². The van der Waals surface area contributed by atoms with Crippen LogP contribution >= 0.6 is 24.0 Å². The molecule has 1 saturated carbocycles. The van der Waals surface area contributed by atoms with Crippen LogP contribution in [0.1, 0.15) is 50.6 Å². The third kappa shape index (κ3) is 5.65. The molecular formula is C17H25Cl2N3O2. The molecule has 0 aliphatic heterocycles. The number of hydrogen-bond donors (Lipinski definition) is 3. The van der Waals surface area contributed by atoms with Gasteiger partial charge in [-0.25, -0.2) is 0 Å². The number of carbonyl (C=O) groups excluding carboxylic acids is 2. The summed E-state index contributed by atoms with van der Waals surface area (Å²) in [6.45, 7) is 1.89. The first-order valence-corrected chi connectivity index (χ1v) is 8.35. The van der Waals surface area contributed by atoms with Gasteiger partial charge >= 0.3 is 0 Å². The largest absolute Gasteiger partial charge is 0.349 e. The van der Waals surface area contributed by atoms with Crippen molar-refractivity contribution < 1.29 is 9.59 Å². The zero-order valence-corrected chi connectivity index (χ0v) is 15.4. The fraction of sp³-hybridized carbons (Fsp3) is 0.529. The Morgan fingerprint density at radius 1 is 1.25 bits per heavy atom. The van der Waals surface area contributed by atoms with Crippen LogP contribution in [0.2, 0.25) is 5.02 Å². The van der Waals surface area contributed by atoms with E-state index in [9.17, 15) is 9.59 Å². The highest BCUT2D eigenvalue weighted by Gasteiger charge is 2.34. The number of nitrogens with two attached hydrogens (primary N) is 1. The molecular weight excluding hydrogens is 349 g/mol. The molecule has 0 bridgehead atoms. The second-order valence-corrected chi connectivity index (χ2v) is 6.68. The highest BCUT2D eigenvalue weighted by Crippen LogP contribution is 2.29. The Bertz CT molecular complexity index is 557. The van der Waals surface area contributed by atoms with Crippen LogP contribution in [0.5, 0.6) is 0 Å². The summed E-state index contributed by atoms with van der Waals surface area (Å²) in [4.78, 5) is 23.9. The van der Waals surface area contributed by atoms with E-state index < -0.39 is 0 Å². The first-order chi connectivity index (χ1) is 10.9. The molecule has 7 heteroatoms. The number of carbonyl (C=O) groups is 2. The van der Waals surface area contributed by atoms with Gasteiger partial charge in [0.2, 0.25) is 11.8 Å². The summed E-state index contributed by atoms with van der Waals surface area (Å²) in [6, 6.07) is 6.78. The smallest absolute Gasteiger partial charge is 0.222 e. The van der Waals surface area contributed by atoms with Crippen molar-refractivity contribution in [1.82, 2.24) is 10.6 Å². The van der Waals surface area contributed by atoms with Crippen LogP contribution in [-0.2, 0) is 9.59 Å². The predicted octanol–water partition coefficient (Wildman–Crippen LogP) is 2.72. The highest BCUT2D eigenvalue weighted by molar-refractivity contribution is 6.30. The molecule has 1 aliphatic rings. The molecule has 1 unspecified atom stereocenters. The molecule has 134 valence electrons. The first-order valence-electron chi connectivity index (χ1n) is 7.98. The fourth-order valence-corrected chi connectivity index (χ4v) is 3.28. The minimum absolute atomic E-state index is 0. The van der Waals surface area contributed by atoms with E-state index in [0.717, 1.165) is 31.2 Å². The number of rotatable bonds is 6. The van der Waals surface area contributed by atoms with Crippen LogP contribution in [0.15, 0.2) is 24.3 Å². The van der Waals surface area contributed by atoms with Crippen molar-refractivity contribution in [3.63, 3.8) is 0 Å². The van der Waals surface area contributed by atoms with Gasteiger partial charge in [-0.3, -0.25) is 9.59 Å². The summed E-state index contributed by atoms with van der Waals surface area (Å²) >= 11 is 5.90. The fourth-order valence-electron chi connectivity index (χ4n) is 3.16. The van der Waals surface area contributed by atoms with Crippen LogP contribution in [0.3, 0.4) is 0 Å². The highest BCUT2D eigenvalue weighted by atomic mass is 35.5. The maximum Gasteiger partial charge on any atom is 0.222 e. The lowest BCUT2D eigenvalue weighted by Gasteiger charge is -2.30. The number of halogens is 2. The van der Waals surface area contributed by atoms with Crippen molar-refractivity contribution in [3.05, 3.63) is 34.9 Å². The summed E-state index contributed by atoms with van der Waals surface area (Å²) < 4.78 is 0. The first kappa shape index (κ1) is 20.7. The molecule has 0 spiro atoms. The van der Waals surface area contributed by atoms with Crippen molar-refractivity contribution in [1.29, 1.82) is 0 Å². The topological polar surface area (TPSA) is 84.2 Å². The van der Waals surface area contributed by atoms with Gasteiger partial charge < -0.3 is 16.4 Å². The molecule has 1 aromatic rings. The quantitative estimate of drug-likeness (QED) is 0.716. The molecule has 0 radical (unpaired) electrons. The number of hydrogen-bond acceptors (Lipinski definition) is 3. The minimum atomic E-state index is -0.374. The number of benzene rings is 1. The van der Waals surface area contributed by atoms with Crippen molar-refractivity contribution in [2.45, 2.75) is 50.6 Å². The lowest BCUT2D eigenvalue weighted by molar-refractivity contribution is -0.124. The van der Waals surface area contributed by atoms with Crippen LogP contribution in [-0.4, -0.2) is 23.9 Å². The van der Waals surface area contributed by atoms with Gasteiger partial charge in [-0.2, -0.15) is 0 Å². The van der Waals surface area contributed by atoms with E-state index in [1.54, 1.807) is 12.1 Å². The SMILES string of the molecule is CC(=O)NC(CC(=O)NC1(CN)CCCC1)c1ccc(Cl)cc1.Cl. The van der Waals surface area contributed by atoms with E-state index in [4.69, 9.17) is 17.3 Å². The molecule has 1 aromatic carbocycles. The average Bonchev–Trinajstić information content (AvgIpc) is 2.96. The molecule has 0 aromatic heterocycles. The summed E-state index contributed by atoms with van der Waals surface area (Å²) in [5.74, 6) is -0.266. The molecule has 2 amide bonds. The second kappa shape index (κ2) is 9.25. The van der Waals surface area contributed by atoms with E-state index in [2.05, 4.69) is 10.6 Å². The Morgan fingerprint density at radius 2 is 1.83 bits per heavy atom. The molecule has 0 saturated heterocycles. The van der Waals surface area contributed by atoms with Crippen molar-refractivity contribution in [2.24, 2.45) is 5.73 Å². The summed E-state index contributed by atoms with van der Waals surface area (Å²) in [5.41, 5.74) is 6.43. The van der Waals surface area contributed by atoms with Crippen LogP contribution in [0, 0.1) is 0 Å². The number of amides is 2. The molecule has 1 atom stereocenters. The van der Waals surface area contributed by atoms with E-state index in [0.29, 0.717) is 11.6 Å². The van der Waals surface area contributed by atoms with Crippen molar-refractivity contribution in [2.75, 3.05) is 6.54 Å². The lowest BCUT2D eigenvalue weighted by Crippen LogP contribution is -2.52. The zero-order chi connectivity index (χ0) is 16.9. The van der Waals surface area contributed by atoms with Crippen LogP contribution in [0.25, 0.3) is 0 Å². The van der Waals surface area contributed by atoms with Gasteiger partial charge in [0.05, 0.1) is 18.0 Å². The maximum atomic E-state index is 12.5. The Morgan fingerprint density at radius 3 is 2.33 bits per heavy atom. The van der Waals surface area contributed by atoms with E-state index in [-0.39, 0.29) is 42.2 Å². The molecule has 1 fully saturated rings. The van der Waals surface area contributed by atoms with E-state index in [1.807, 2.05) is 12.1 Å². The Balaban J connectivity index is 0.00000288. The molecule has 2 rings (SSSR count). The van der Waals surface area contributed by atoms with Crippen molar-refractivity contribution >= 4 is 35.8 Å². The van der Waals surface area contributed by atoms with Crippen molar-refractivity contribution in [3.8, 4) is 0 Å². The van der Waals surface area contributed by atoms with Gasteiger partial charge in [0, 0.05) is 18.5 Å². The van der Waals surface area contributed by atoms with Gasteiger partial charge in [0.1, 0.15) is 0 Å². The third-order valence-corrected chi connectivity index (χ3v) is 4.65. The van der Waals surface area contributed by atoms with Gasteiger partial charge in [-0.05, 0) is 30.5 Å². The second-order valence-electron chi connectivity index (χ2n) is 6.25. The van der Waals surface area contributed by atoms with Crippen LogP contribution in [0.4, 0.5) is 0 Å². The predicted molar refractivity (Wildman–Crippen MR) is 98.3 cm³/mol. The lowest BCUT2D eigenvalue weighted by atomic mass is 9.96. The molecule has 0 heterocycles. The Kier molecular flexibility index (Phi) is 8.00. The Labute approximate surface area is 154 Å². The normalized spacial score (nSPS) is 16.8. The number of nitrogens with one attached hydrogen (secondary N) is 2. The molecule has 4 N–H and O–H groups in total.